The van der Waals surface area contributed by atoms with Crippen molar-refractivity contribution in [2.45, 2.75) is 13.8 Å². The number of hydrogen-bond acceptors (Lipinski definition) is 0. The molecule has 0 fully saturated rings. The maximum absolute atomic E-state index is 2.00. The molecule has 0 nitrogen and oxygen atoms in total. The van der Waals surface area contributed by atoms with Crippen molar-refractivity contribution >= 4 is 0 Å². The molecule has 0 saturated heterocycles. The van der Waals surface area contributed by atoms with E-state index >= 15 is 0 Å². The molecule has 45 valence electrons. The van der Waals surface area contributed by atoms with E-state index in [4.69, 9.17) is 0 Å². The molecule has 0 heterocycles. The summed E-state index contributed by atoms with van der Waals surface area (Å²) in [7, 11) is 0. The van der Waals surface area contributed by atoms with Crippen LogP contribution in [0.2, 0.25) is 0 Å². The van der Waals surface area contributed by atoms with Gasteiger partial charge in [0.15, 0.2) is 0 Å². The minimum absolute atomic E-state index is 0. The molecule has 0 spiro atoms. The van der Waals surface area contributed by atoms with Crippen molar-refractivity contribution in [3.05, 3.63) is 21.3 Å². The molecular weight excluding hydrogens is 416 g/mol. The van der Waals surface area contributed by atoms with Crippen LogP contribution in [0.1, 0.15) is 13.8 Å². The summed E-state index contributed by atoms with van der Waals surface area (Å²) in [6.45, 7) is 4.00. The molecule has 0 aromatic heterocycles. The zero-order valence-electron chi connectivity index (χ0n) is 6.89. The molecule has 0 atom stereocenters. The second kappa shape index (κ2) is 55.2. The van der Waals surface area contributed by atoms with Gasteiger partial charge in [-0.15, -0.1) is 0 Å². The fourth-order valence-electron chi connectivity index (χ4n) is 0. The summed E-state index contributed by atoms with van der Waals surface area (Å²) in [5, 5.41) is 0. The first-order chi connectivity index (χ1) is 1.41. The van der Waals surface area contributed by atoms with Crippen molar-refractivity contribution in [2.75, 3.05) is 0 Å². The van der Waals surface area contributed by atoms with Gasteiger partial charge in [-0.05, 0) is 0 Å². The first kappa shape index (κ1) is 50.2. The molecule has 0 aromatic rings. The number of hydrogen-bond donors (Lipinski definition) is 0. The number of rotatable bonds is 0. The van der Waals surface area contributed by atoms with Crippen LogP contribution in [0.5, 0.6) is 0 Å². The molecule has 0 saturated carbocycles. The summed E-state index contributed by atoms with van der Waals surface area (Å²) in [5.74, 6) is 0. The third-order valence-electron chi connectivity index (χ3n) is 0. The van der Waals surface area contributed by atoms with E-state index in [1.807, 2.05) is 20.3 Å². The zero-order valence-corrected chi connectivity index (χ0v) is 18.2. The average molecular weight is 429 g/mol. The molecule has 0 aliphatic heterocycles. The third-order valence-corrected chi connectivity index (χ3v) is 0. The summed E-state index contributed by atoms with van der Waals surface area (Å²) >= 11 is 0. The van der Waals surface area contributed by atoms with Gasteiger partial charge >= 0.3 is 32.7 Å². The van der Waals surface area contributed by atoms with Crippen LogP contribution < -0.4 is 0 Å². The normalized spacial score (nSPS) is 2.00. The molecule has 4 heteroatoms. The standard InChI is InChI=1S/C3H7.2CH3.4Y/c1-3-2;;;;;;/h3H,1-2H3;2*1H3;;;;/q3*-1;;;;+3. The van der Waals surface area contributed by atoms with Gasteiger partial charge < -0.3 is 21.3 Å². The van der Waals surface area contributed by atoms with Gasteiger partial charge in [0.2, 0.25) is 0 Å². The Bertz CT molecular complexity index is 8.92. The largest absolute Gasteiger partial charge is 3.00 e. The summed E-state index contributed by atoms with van der Waals surface area (Å²) in [6.07, 6.45) is 2.00. The predicted molar refractivity (Wildman–Crippen MR) is 28.5 cm³/mol. The molecule has 0 amide bonds. The second-order valence-electron chi connectivity index (χ2n) is 0.577. The second-order valence-corrected chi connectivity index (χ2v) is 0.577. The molecule has 3 radical (unpaired) electrons. The Kier molecular flexibility index (Phi) is 308. The van der Waals surface area contributed by atoms with Crippen LogP contribution in [0.4, 0.5) is 0 Å². The molecule has 0 aliphatic carbocycles. The van der Waals surface area contributed by atoms with Crippen LogP contribution in [0.3, 0.4) is 0 Å². The smallest absolute Gasteiger partial charge is 0.358 e. The Balaban J connectivity index is -0.00000000133. The average Bonchev–Trinajstić information content (AvgIpc) is 0.918. The summed E-state index contributed by atoms with van der Waals surface area (Å²) < 4.78 is 0. The monoisotopic (exact) mass is 429 g/mol. The van der Waals surface area contributed by atoms with Gasteiger partial charge in [0, 0.05) is 98.1 Å². The zero-order chi connectivity index (χ0) is 2.71. The molecule has 0 rings (SSSR count). The van der Waals surface area contributed by atoms with Crippen LogP contribution in [0.25, 0.3) is 0 Å². The van der Waals surface area contributed by atoms with Gasteiger partial charge in [-0.25, -0.2) is 0 Å². The third kappa shape index (κ3) is 69.1. The Morgan fingerprint density at radius 2 is 0.778 bits per heavy atom. The van der Waals surface area contributed by atoms with E-state index in [0.29, 0.717) is 0 Å². The Hall–Kier alpha value is 4.42. The maximum Gasteiger partial charge on any atom is 3.00 e. The predicted octanol–water partition coefficient (Wildman–Crippen LogP) is 2.12. The van der Waals surface area contributed by atoms with Crippen molar-refractivity contribution in [3.63, 3.8) is 0 Å². The fourth-order valence-corrected chi connectivity index (χ4v) is 0. The fraction of sp³-hybridized carbons (Fsp3) is 0.400. The van der Waals surface area contributed by atoms with E-state index in [-0.39, 0.29) is 146 Å². The van der Waals surface area contributed by atoms with E-state index in [2.05, 4.69) is 0 Å². The molecular formula is C5H13Y4. The van der Waals surface area contributed by atoms with Gasteiger partial charge in [-0.3, -0.25) is 0 Å². The molecule has 0 aromatic carbocycles. The van der Waals surface area contributed by atoms with Gasteiger partial charge in [0.25, 0.3) is 0 Å². The maximum atomic E-state index is 2.00. The Labute approximate surface area is 162 Å². The minimum atomic E-state index is 0. The molecule has 0 unspecified atom stereocenters. The van der Waals surface area contributed by atoms with Crippen molar-refractivity contribution < 1.29 is 131 Å². The Morgan fingerprint density at radius 3 is 0.778 bits per heavy atom. The Morgan fingerprint density at radius 1 is 0.778 bits per heavy atom. The molecule has 9 heavy (non-hydrogen) atoms. The van der Waals surface area contributed by atoms with Gasteiger partial charge in [0.05, 0.1) is 0 Å². The van der Waals surface area contributed by atoms with Crippen LogP contribution in [0, 0.1) is 21.3 Å². The van der Waals surface area contributed by atoms with Crippen LogP contribution in [-0.2, 0) is 131 Å². The first-order valence-corrected chi connectivity index (χ1v) is 1.15. The van der Waals surface area contributed by atoms with Crippen molar-refractivity contribution in [2.24, 2.45) is 0 Å². The summed E-state index contributed by atoms with van der Waals surface area (Å²) in [6, 6.07) is 0. The van der Waals surface area contributed by atoms with Gasteiger partial charge in [-0.1, -0.05) is 0 Å². The van der Waals surface area contributed by atoms with E-state index < -0.39 is 0 Å². The van der Waals surface area contributed by atoms with Gasteiger partial charge in [0.1, 0.15) is 0 Å². The van der Waals surface area contributed by atoms with Gasteiger partial charge in [-0.2, -0.15) is 13.8 Å². The molecule has 0 aliphatic rings. The van der Waals surface area contributed by atoms with E-state index in [0.717, 1.165) is 0 Å². The molecule has 0 bridgehead atoms. The van der Waals surface area contributed by atoms with E-state index in [9.17, 15) is 0 Å². The van der Waals surface area contributed by atoms with Crippen LogP contribution in [0.15, 0.2) is 0 Å². The van der Waals surface area contributed by atoms with Crippen molar-refractivity contribution in [1.82, 2.24) is 0 Å². The summed E-state index contributed by atoms with van der Waals surface area (Å²) in [5.41, 5.74) is 0. The van der Waals surface area contributed by atoms with Crippen LogP contribution >= 0.6 is 0 Å². The molecule has 0 N–H and O–H groups in total. The minimum Gasteiger partial charge on any atom is -0.358 e. The van der Waals surface area contributed by atoms with Crippen LogP contribution in [-0.4, -0.2) is 0 Å². The van der Waals surface area contributed by atoms with Crippen molar-refractivity contribution in [3.8, 4) is 0 Å². The van der Waals surface area contributed by atoms with Crippen molar-refractivity contribution in [1.29, 1.82) is 0 Å². The topological polar surface area (TPSA) is 0 Å². The van der Waals surface area contributed by atoms with E-state index in [1.54, 1.807) is 0 Å². The quantitative estimate of drug-likeness (QED) is 0.519. The SMILES string of the molecule is C[CH-]C.[CH3-].[CH3-].[Y+3].[Y].[Y].[Y]. The first-order valence-electron chi connectivity index (χ1n) is 1.15. The van der Waals surface area contributed by atoms with E-state index in [1.165, 1.54) is 0 Å². The summed E-state index contributed by atoms with van der Waals surface area (Å²) in [4.78, 5) is 0.